The number of hydrogen-bond donors (Lipinski definition) is 1. The molecular weight excluding hydrogens is 243 g/mol. The Labute approximate surface area is 103 Å². The van der Waals surface area contributed by atoms with Crippen molar-refractivity contribution >= 4 is 11.7 Å². The van der Waals surface area contributed by atoms with Crippen LogP contribution in [-0.4, -0.2) is 24.5 Å². The fourth-order valence-electron chi connectivity index (χ4n) is 1.37. The maximum absolute atomic E-state index is 13.1. The molecule has 0 aromatic heterocycles. The minimum absolute atomic E-state index is 0.188. The van der Waals surface area contributed by atoms with Crippen LogP contribution < -0.4 is 5.32 Å². The summed E-state index contributed by atoms with van der Waals surface area (Å²) >= 11 is 0. The number of benzene rings is 1. The third-order valence-electron chi connectivity index (χ3n) is 2.22. The summed E-state index contributed by atoms with van der Waals surface area (Å²) in [5.74, 6) is -1.01. The van der Waals surface area contributed by atoms with E-state index in [-0.39, 0.29) is 24.6 Å². The number of nitro benzene ring substituents is 1. The largest absolute Gasteiger partial charge is 0.469 e. The van der Waals surface area contributed by atoms with E-state index in [1.54, 1.807) is 0 Å². The van der Waals surface area contributed by atoms with Gasteiger partial charge in [-0.15, -0.1) is 0 Å². The summed E-state index contributed by atoms with van der Waals surface area (Å²) in [5.41, 5.74) is 0.159. The maximum atomic E-state index is 13.1. The van der Waals surface area contributed by atoms with Crippen LogP contribution in [0.2, 0.25) is 0 Å². The standard InChI is InChI=1S/C11H13FN2O4/c1-18-11(15)2-3-13-7-8-4-9(12)6-10(5-8)14(16)17/h4-6,13H,2-3,7H2,1H3. The summed E-state index contributed by atoms with van der Waals surface area (Å²) in [5, 5.41) is 13.4. The van der Waals surface area contributed by atoms with E-state index in [4.69, 9.17) is 0 Å². The Balaban J connectivity index is 2.52. The molecule has 0 aliphatic carbocycles. The summed E-state index contributed by atoms with van der Waals surface area (Å²) in [6, 6.07) is 3.35. The second-order valence-electron chi connectivity index (χ2n) is 3.58. The second-order valence-corrected chi connectivity index (χ2v) is 3.58. The van der Waals surface area contributed by atoms with Gasteiger partial charge in [0, 0.05) is 19.2 Å². The Bertz CT molecular complexity index is 451. The van der Waals surface area contributed by atoms with Crippen LogP contribution in [0.4, 0.5) is 10.1 Å². The number of carbonyl (C=O) groups is 1. The first-order valence-electron chi connectivity index (χ1n) is 5.24. The van der Waals surface area contributed by atoms with Gasteiger partial charge in [-0.3, -0.25) is 14.9 Å². The minimum Gasteiger partial charge on any atom is -0.469 e. The van der Waals surface area contributed by atoms with Gasteiger partial charge in [0.15, 0.2) is 0 Å². The molecule has 1 rings (SSSR count). The normalized spacial score (nSPS) is 10.1. The van der Waals surface area contributed by atoms with E-state index in [9.17, 15) is 19.3 Å². The van der Waals surface area contributed by atoms with Crippen molar-refractivity contribution in [3.63, 3.8) is 0 Å². The Hall–Kier alpha value is -2.02. The summed E-state index contributed by atoms with van der Waals surface area (Å²) < 4.78 is 17.5. The molecule has 0 aliphatic rings. The van der Waals surface area contributed by atoms with E-state index >= 15 is 0 Å². The Morgan fingerprint density at radius 1 is 1.50 bits per heavy atom. The lowest BCUT2D eigenvalue weighted by Crippen LogP contribution is -2.18. The first kappa shape index (κ1) is 14.0. The molecule has 0 aliphatic heterocycles. The number of esters is 1. The molecule has 0 unspecified atom stereocenters. The molecule has 1 N–H and O–H groups in total. The molecule has 6 nitrogen and oxygen atoms in total. The van der Waals surface area contributed by atoms with Crippen LogP contribution in [0.15, 0.2) is 18.2 Å². The summed E-state index contributed by atoms with van der Waals surface area (Å²) in [7, 11) is 1.29. The highest BCUT2D eigenvalue weighted by atomic mass is 19.1. The molecule has 0 fully saturated rings. The van der Waals surface area contributed by atoms with Crippen molar-refractivity contribution in [1.29, 1.82) is 0 Å². The van der Waals surface area contributed by atoms with E-state index in [1.165, 1.54) is 19.2 Å². The third-order valence-corrected chi connectivity index (χ3v) is 2.22. The van der Waals surface area contributed by atoms with E-state index in [1.807, 2.05) is 0 Å². The summed E-state index contributed by atoms with van der Waals surface area (Å²) in [4.78, 5) is 20.7. The number of nitrogens with zero attached hydrogens (tertiary/aromatic N) is 1. The lowest BCUT2D eigenvalue weighted by molar-refractivity contribution is -0.385. The van der Waals surface area contributed by atoms with E-state index < -0.39 is 10.7 Å². The molecule has 0 spiro atoms. The number of non-ortho nitro benzene ring substituents is 1. The highest BCUT2D eigenvalue weighted by Gasteiger charge is 2.09. The first-order valence-corrected chi connectivity index (χ1v) is 5.24. The molecule has 0 atom stereocenters. The molecule has 18 heavy (non-hydrogen) atoms. The highest BCUT2D eigenvalue weighted by molar-refractivity contribution is 5.69. The summed E-state index contributed by atoms with van der Waals surface area (Å²) in [6.07, 6.45) is 0.188. The SMILES string of the molecule is COC(=O)CCNCc1cc(F)cc([N+](=O)[O-])c1. The van der Waals surface area contributed by atoms with Gasteiger partial charge in [-0.25, -0.2) is 4.39 Å². The van der Waals surface area contributed by atoms with E-state index in [0.717, 1.165) is 6.07 Å². The van der Waals surface area contributed by atoms with Crippen LogP contribution >= 0.6 is 0 Å². The highest BCUT2D eigenvalue weighted by Crippen LogP contribution is 2.16. The summed E-state index contributed by atoms with van der Waals surface area (Å²) in [6.45, 7) is 0.604. The number of carbonyl (C=O) groups excluding carboxylic acids is 1. The molecule has 1 aromatic rings. The number of hydrogen-bond acceptors (Lipinski definition) is 5. The predicted molar refractivity (Wildman–Crippen MR) is 61.4 cm³/mol. The first-order chi connectivity index (χ1) is 8.52. The average molecular weight is 256 g/mol. The van der Waals surface area contributed by atoms with Gasteiger partial charge in [-0.2, -0.15) is 0 Å². The number of ether oxygens (including phenoxy) is 1. The zero-order valence-electron chi connectivity index (χ0n) is 9.81. The topological polar surface area (TPSA) is 81.5 Å². The molecular formula is C11H13FN2O4. The van der Waals surface area contributed by atoms with Crippen molar-refractivity contribution in [3.8, 4) is 0 Å². The van der Waals surface area contributed by atoms with Gasteiger partial charge in [-0.05, 0) is 11.6 Å². The van der Waals surface area contributed by atoms with Gasteiger partial charge >= 0.3 is 5.97 Å². The van der Waals surface area contributed by atoms with Crippen molar-refractivity contribution < 1.29 is 18.8 Å². The van der Waals surface area contributed by atoms with Gasteiger partial charge in [0.1, 0.15) is 5.82 Å². The van der Waals surface area contributed by atoms with Crippen LogP contribution in [0, 0.1) is 15.9 Å². The monoisotopic (exact) mass is 256 g/mol. The van der Waals surface area contributed by atoms with Crippen molar-refractivity contribution in [2.24, 2.45) is 0 Å². The van der Waals surface area contributed by atoms with E-state index in [0.29, 0.717) is 12.1 Å². The Morgan fingerprint density at radius 3 is 2.83 bits per heavy atom. The van der Waals surface area contributed by atoms with Crippen LogP contribution in [0.5, 0.6) is 0 Å². The fourth-order valence-corrected chi connectivity index (χ4v) is 1.37. The van der Waals surface area contributed by atoms with E-state index in [2.05, 4.69) is 10.1 Å². The van der Waals surface area contributed by atoms with Crippen molar-refractivity contribution in [2.75, 3.05) is 13.7 Å². The van der Waals surface area contributed by atoms with Gasteiger partial charge in [-0.1, -0.05) is 0 Å². The molecule has 0 amide bonds. The molecule has 0 saturated heterocycles. The average Bonchev–Trinajstić information content (AvgIpc) is 2.33. The Kier molecular flexibility index (Phi) is 5.19. The van der Waals surface area contributed by atoms with Crippen LogP contribution in [-0.2, 0) is 16.1 Å². The minimum atomic E-state index is -0.658. The van der Waals surface area contributed by atoms with Crippen molar-refractivity contribution in [2.45, 2.75) is 13.0 Å². The van der Waals surface area contributed by atoms with Crippen LogP contribution in [0.1, 0.15) is 12.0 Å². The van der Waals surface area contributed by atoms with Gasteiger partial charge in [0.05, 0.1) is 24.5 Å². The van der Waals surface area contributed by atoms with Crippen molar-refractivity contribution in [3.05, 3.63) is 39.7 Å². The molecule has 0 saturated carbocycles. The van der Waals surface area contributed by atoms with Gasteiger partial charge in [0.2, 0.25) is 0 Å². The van der Waals surface area contributed by atoms with Gasteiger partial charge < -0.3 is 10.1 Å². The quantitative estimate of drug-likeness (QED) is 0.360. The zero-order valence-corrected chi connectivity index (χ0v) is 9.81. The molecule has 7 heteroatoms. The Morgan fingerprint density at radius 2 is 2.22 bits per heavy atom. The molecule has 1 aromatic carbocycles. The predicted octanol–water partition coefficient (Wildman–Crippen LogP) is 1.39. The number of halogens is 1. The lowest BCUT2D eigenvalue weighted by atomic mass is 10.2. The molecule has 0 radical (unpaired) electrons. The zero-order chi connectivity index (χ0) is 13.5. The number of nitrogens with one attached hydrogen (secondary N) is 1. The number of rotatable bonds is 6. The van der Waals surface area contributed by atoms with Crippen LogP contribution in [0.3, 0.4) is 0 Å². The van der Waals surface area contributed by atoms with Crippen LogP contribution in [0.25, 0.3) is 0 Å². The van der Waals surface area contributed by atoms with Crippen molar-refractivity contribution in [1.82, 2.24) is 5.32 Å². The third kappa shape index (κ3) is 4.46. The second kappa shape index (κ2) is 6.65. The fraction of sp³-hybridized carbons (Fsp3) is 0.364. The molecule has 98 valence electrons. The number of nitro groups is 1. The number of methoxy groups -OCH3 is 1. The maximum Gasteiger partial charge on any atom is 0.306 e. The molecule has 0 bridgehead atoms. The van der Waals surface area contributed by atoms with Gasteiger partial charge in [0.25, 0.3) is 5.69 Å². The molecule has 0 heterocycles. The lowest BCUT2D eigenvalue weighted by Gasteiger charge is -2.04. The smallest absolute Gasteiger partial charge is 0.306 e.